The third kappa shape index (κ3) is 9.24. The van der Waals surface area contributed by atoms with E-state index >= 15 is 0 Å². The van der Waals surface area contributed by atoms with Crippen molar-refractivity contribution in [2.45, 2.75) is 72.1 Å². The van der Waals surface area contributed by atoms with Crippen molar-refractivity contribution >= 4 is 34.8 Å². The molecule has 1 atom stereocenters. The van der Waals surface area contributed by atoms with Gasteiger partial charge in [-0.3, -0.25) is 14.4 Å². The SMILES string of the molecule is CCOC(=O)CN(CC(=O)NC(C)(C)C)C(=O)C(Cc1c[nH]c2ccccc12)NC(=O)OC(C)(C)C. The molecule has 0 aliphatic heterocycles. The van der Waals surface area contributed by atoms with Crippen LogP contribution in [0.25, 0.3) is 10.9 Å². The van der Waals surface area contributed by atoms with Gasteiger partial charge in [-0.2, -0.15) is 0 Å². The van der Waals surface area contributed by atoms with Crippen LogP contribution >= 0.6 is 0 Å². The van der Waals surface area contributed by atoms with E-state index in [1.807, 2.05) is 45.0 Å². The average Bonchev–Trinajstić information content (AvgIpc) is 3.12. The lowest BCUT2D eigenvalue weighted by atomic mass is 10.0. The Morgan fingerprint density at radius 2 is 1.69 bits per heavy atom. The highest BCUT2D eigenvalue weighted by molar-refractivity contribution is 5.93. The van der Waals surface area contributed by atoms with Crippen LogP contribution in [0.5, 0.6) is 0 Å². The number of nitrogens with zero attached hydrogens (tertiary/aromatic N) is 1. The number of carbonyl (C=O) groups excluding carboxylic acids is 4. The highest BCUT2D eigenvalue weighted by Crippen LogP contribution is 2.20. The molecule has 0 saturated carbocycles. The molecule has 3 N–H and O–H groups in total. The Morgan fingerprint density at radius 3 is 2.31 bits per heavy atom. The lowest BCUT2D eigenvalue weighted by Gasteiger charge is -2.29. The Balaban J connectivity index is 2.37. The smallest absolute Gasteiger partial charge is 0.408 e. The first kappa shape index (κ1) is 28.7. The highest BCUT2D eigenvalue weighted by Gasteiger charge is 2.32. The maximum atomic E-state index is 13.7. The number of nitrogens with one attached hydrogen (secondary N) is 3. The molecule has 0 fully saturated rings. The van der Waals surface area contributed by atoms with E-state index in [9.17, 15) is 19.2 Å². The van der Waals surface area contributed by atoms with Crippen LogP contribution in [0.4, 0.5) is 4.79 Å². The number of rotatable bonds is 9. The number of H-pyrrole nitrogens is 1. The van der Waals surface area contributed by atoms with Gasteiger partial charge in [-0.15, -0.1) is 0 Å². The quantitative estimate of drug-likeness (QED) is 0.452. The molecule has 0 spiro atoms. The molecule has 2 aromatic rings. The first-order chi connectivity index (χ1) is 16.7. The van der Waals surface area contributed by atoms with E-state index in [-0.39, 0.29) is 19.6 Å². The van der Waals surface area contributed by atoms with E-state index in [0.29, 0.717) is 0 Å². The van der Waals surface area contributed by atoms with E-state index in [1.165, 1.54) is 0 Å². The number of aromatic amines is 1. The van der Waals surface area contributed by atoms with E-state index < -0.39 is 47.6 Å². The third-order valence-corrected chi connectivity index (χ3v) is 4.87. The summed E-state index contributed by atoms with van der Waals surface area (Å²) in [6.45, 7) is 11.5. The highest BCUT2D eigenvalue weighted by atomic mass is 16.6. The number of hydrogen-bond donors (Lipinski definition) is 3. The number of esters is 1. The summed E-state index contributed by atoms with van der Waals surface area (Å²) in [5.74, 6) is -1.70. The van der Waals surface area contributed by atoms with Crippen molar-refractivity contribution in [2.24, 2.45) is 0 Å². The lowest BCUT2D eigenvalue weighted by molar-refractivity contribution is -0.150. The fourth-order valence-corrected chi connectivity index (χ4v) is 3.60. The van der Waals surface area contributed by atoms with Crippen molar-refractivity contribution in [2.75, 3.05) is 19.7 Å². The number of hydrogen-bond acceptors (Lipinski definition) is 6. The number of fused-ring (bicyclic) bond motifs is 1. The van der Waals surface area contributed by atoms with Crippen molar-refractivity contribution in [3.05, 3.63) is 36.0 Å². The molecule has 0 aliphatic carbocycles. The Labute approximate surface area is 212 Å². The molecule has 0 radical (unpaired) electrons. The first-order valence-corrected chi connectivity index (χ1v) is 12.0. The Hall–Kier alpha value is -3.56. The van der Waals surface area contributed by atoms with Crippen molar-refractivity contribution in [1.29, 1.82) is 0 Å². The summed E-state index contributed by atoms with van der Waals surface area (Å²) < 4.78 is 10.4. The second-order valence-corrected chi connectivity index (χ2v) is 10.6. The van der Waals surface area contributed by atoms with E-state index in [2.05, 4.69) is 15.6 Å². The summed E-state index contributed by atoms with van der Waals surface area (Å²) in [5, 5.41) is 6.31. The molecule has 2 rings (SSSR count). The average molecular weight is 503 g/mol. The van der Waals surface area contributed by atoms with Crippen LogP contribution in [0.15, 0.2) is 30.5 Å². The summed E-state index contributed by atoms with van der Waals surface area (Å²) in [5.41, 5.74) is 0.350. The van der Waals surface area contributed by atoms with Crippen molar-refractivity contribution in [3.8, 4) is 0 Å². The Bertz CT molecular complexity index is 1080. The molecule has 1 aromatic carbocycles. The van der Waals surface area contributed by atoms with E-state index in [4.69, 9.17) is 9.47 Å². The summed E-state index contributed by atoms with van der Waals surface area (Å²) in [6, 6.07) is 6.47. The molecule has 0 saturated heterocycles. The summed E-state index contributed by atoms with van der Waals surface area (Å²) >= 11 is 0. The molecule has 10 nitrogen and oxygen atoms in total. The number of para-hydroxylation sites is 1. The second-order valence-electron chi connectivity index (χ2n) is 10.6. The van der Waals surface area contributed by atoms with Gasteiger partial charge in [-0.25, -0.2) is 4.79 Å². The number of carbonyl (C=O) groups is 4. The molecular formula is C26H38N4O6. The largest absolute Gasteiger partial charge is 0.465 e. The molecule has 1 heterocycles. The molecule has 1 aromatic heterocycles. The number of amides is 3. The second kappa shape index (κ2) is 11.9. The van der Waals surface area contributed by atoms with E-state index in [0.717, 1.165) is 21.4 Å². The topological polar surface area (TPSA) is 130 Å². The first-order valence-electron chi connectivity index (χ1n) is 12.0. The molecule has 10 heteroatoms. The van der Waals surface area contributed by atoms with Gasteiger partial charge in [0.1, 0.15) is 24.7 Å². The van der Waals surface area contributed by atoms with E-state index in [1.54, 1.807) is 33.9 Å². The van der Waals surface area contributed by atoms with Gasteiger partial charge in [0.05, 0.1) is 6.61 Å². The van der Waals surface area contributed by atoms with Crippen molar-refractivity contribution < 1.29 is 28.7 Å². The third-order valence-electron chi connectivity index (χ3n) is 4.87. The molecule has 198 valence electrons. The number of benzene rings is 1. The molecule has 0 bridgehead atoms. The lowest BCUT2D eigenvalue weighted by Crippen LogP contribution is -2.55. The van der Waals surface area contributed by atoms with Gasteiger partial charge in [0.25, 0.3) is 0 Å². The normalized spacial score (nSPS) is 12.5. The Kier molecular flexibility index (Phi) is 9.49. The minimum atomic E-state index is -1.10. The number of ether oxygens (including phenoxy) is 2. The standard InChI is InChI=1S/C26H38N4O6/c1-8-35-22(32)16-30(15-21(31)29-25(2,3)4)23(33)20(28-24(34)36-26(5,6)7)13-17-14-27-19-12-10-9-11-18(17)19/h9-12,14,20,27H,8,13,15-16H2,1-7H3,(H,28,34)(H,29,31). The summed E-state index contributed by atoms with van der Waals surface area (Å²) in [4.78, 5) is 55.5. The minimum absolute atomic E-state index is 0.113. The molecule has 1 unspecified atom stereocenters. The molecule has 36 heavy (non-hydrogen) atoms. The maximum absolute atomic E-state index is 13.7. The fourth-order valence-electron chi connectivity index (χ4n) is 3.60. The van der Waals surface area contributed by atoms with Crippen LogP contribution < -0.4 is 10.6 Å². The van der Waals surface area contributed by atoms with Gasteiger partial charge in [0.2, 0.25) is 11.8 Å². The number of aromatic nitrogens is 1. The van der Waals surface area contributed by atoms with Crippen LogP contribution in [0, 0.1) is 0 Å². The van der Waals surface area contributed by atoms with Gasteiger partial charge in [-0.05, 0) is 60.1 Å². The summed E-state index contributed by atoms with van der Waals surface area (Å²) in [7, 11) is 0. The molecule has 3 amide bonds. The van der Waals surface area contributed by atoms with Gasteiger partial charge in [0, 0.05) is 29.1 Å². The van der Waals surface area contributed by atoms with Crippen molar-refractivity contribution in [3.63, 3.8) is 0 Å². The van der Waals surface area contributed by atoms with Gasteiger partial charge in [-0.1, -0.05) is 18.2 Å². The number of alkyl carbamates (subject to hydrolysis) is 1. The minimum Gasteiger partial charge on any atom is -0.465 e. The predicted molar refractivity (Wildman–Crippen MR) is 136 cm³/mol. The van der Waals surface area contributed by atoms with Crippen LogP contribution in [-0.2, 0) is 30.3 Å². The van der Waals surface area contributed by atoms with Gasteiger partial charge >= 0.3 is 12.1 Å². The predicted octanol–water partition coefficient (Wildman–Crippen LogP) is 2.91. The monoisotopic (exact) mass is 502 g/mol. The zero-order chi connectivity index (χ0) is 27.1. The zero-order valence-electron chi connectivity index (χ0n) is 22.2. The molecule has 0 aliphatic rings. The van der Waals surface area contributed by atoms with Gasteiger partial charge < -0.3 is 30.0 Å². The van der Waals surface area contributed by atoms with Crippen molar-refractivity contribution in [1.82, 2.24) is 20.5 Å². The Morgan fingerprint density at radius 1 is 1.03 bits per heavy atom. The zero-order valence-corrected chi connectivity index (χ0v) is 22.2. The van der Waals surface area contributed by atoms with Crippen LogP contribution in [0.1, 0.15) is 54.0 Å². The van der Waals surface area contributed by atoms with Crippen LogP contribution in [0.3, 0.4) is 0 Å². The fraction of sp³-hybridized carbons (Fsp3) is 0.538. The maximum Gasteiger partial charge on any atom is 0.408 e. The summed E-state index contributed by atoms with van der Waals surface area (Å²) in [6.07, 6.45) is 1.10. The van der Waals surface area contributed by atoms with Gasteiger partial charge in [0.15, 0.2) is 0 Å². The van der Waals surface area contributed by atoms with Crippen LogP contribution in [-0.4, -0.2) is 70.6 Å². The molecular weight excluding hydrogens is 464 g/mol. The van der Waals surface area contributed by atoms with Crippen LogP contribution in [0.2, 0.25) is 0 Å².